The molecule has 0 saturated heterocycles. The van der Waals surface area contributed by atoms with Crippen molar-refractivity contribution in [3.63, 3.8) is 0 Å². The predicted octanol–water partition coefficient (Wildman–Crippen LogP) is 3.64. The van der Waals surface area contributed by atoms with Crippen molar-refractivity contribution in [3.05, 3.63) is 44.9 Å². The minimum Gasteiger partial charge on any atom is -0.383 e. The second-order valence-corrected chi connectivity index (χ2v) is 8.59. The van der Waals surface area contributed by atoms with Gasteiger partial charge in [-0.3, -0.25) is 14.4 Å². The smallest absolute Gasteiger partial charge is 0.254 e. The number of carbonyl (C=O) groups excluding carboxylic acids is 3. The topological polar surface area (TPSA) is 101 Å². The fraction of sp³-hybridized carbons (Fsp3) is 0.429. The van der Waals surface area contributed by atoms with E-state index in [2.05, 4.69) is 22.5 Å². The summed E-state index contributed by atoms with van der Waals surface area (Å²) < 4.78 is 5.06. The molecule has 1 aromatic carbocycles. The van der Waals surface area contributed by atoms with Crippen molar-refractivity contribution in [1.82, 2.24) is 15.2 Å². The van der Waals surface area contributed by atoms with Gasteiger partial charge in [0.15, 0.2) is 5.13 Å². The molecule has 1 heterocycles. The molecular formula is C21H26Cl2N4O4S. The Labute approximate surface area is 201 Å². The van der Waals surface area contributed by atoms with E-state index in [1.54, 1.807) is 11.4 Å². The summed E-state index contributed by atoms with van der Waals surface area (Å²) >= 11 is 13.1. The largest absolute Gasteiger partial charge is 0.383 e. The molecule has 8 nitrogen and oxygen atoms in total. The zero-order valence-corrected chi connectivity index (χ0v) is 20.3. The number of unbranched alkanes of at least 4 members (excludes halogenated alkanes) is 1. The van der Waals surface area contributed by atoms with Gasteiger partial charge in [0.25, 0.3) is 5.91 Å². The second kappa shape index (κ2) is 13.4. The highest BCUT2D eigenvalue weighted by atomic mass is 35.5. The maximum Gasteiger partial charge on any atom is 0.254 e. The van der Waals surface area contributed by atoms with Crippen molar-refractivity contribution in [2.75, 3.05) is 38.7 Å². The molecule has 0 aliphatic rings. The van der Waals surface area contributed by atoms with Crippen LogP contribution in [-0.2, 0) is 20.7 Å². The summed E-state index contributed by atoms with van der Waals surface area (Å²) in [4.78, 5) is 43.0. The van der Waals surface area contributed by atoms with Crippen LogP contribution in [0.15, 0.2) is 23.6 Å². The lowest BCUT2D eigenvalue weighted by atomic mass is 10.2. The average Bonchev–Trinajstić information content (AvgIpc) is 3.19. The third-order valence-electron chi connectivity index (χ3n) is 4.35. The number of ether oxygens (including phenoxy) is 1. The summed E-state index contributed by atoms with van der Waals surface area (Å²) in [6.45, 7) is 2.96. The van der Waals surface area contributed by atoms with E-state index in [9.17, 15) is 14.4 Å². The molecular weight excluding hydrogens is 475 g/mol. The van der Waals surface area contributed by atoms with Gasteiger partial charge in [-0.05, 0) is 24.6 Å². The number of nitrogens with one attached hydrogen (secondary N) is 2. The van der Waals surface area contributed by atoms with Crippen molar-refractivity contribution in [2.45, 2.75) is 26.2 Å². The zero-order valence-electron chi connectivity index (χ0n) is 18.0. The van der Waals surface area contributed by atoms with Crippen molar-refractivity contribution in [1.29, 1.82) is 0 Å². The molecule has 0 atom stereocenters. The number of hydrogen-bond acceptors (Lipinski definition) is 6. The molecule has 0 spiro atoms. The van der Waals surface area contributed by atoms with E-state index in [1.165, 1.54) is 35.5 Å². The number of benzene rings is 1. The van der Waals surface area contributed by atoms with E-state index in [-0.39, 0.29) is 43.0 Å². The molecule has 1 aromatic heterocycles. The highest BCUT2D eigenvalue weighted by Crippen LogP contribution is 2.23. The van der Waals surface area contributed by atoms with E-state index in [0.717, 1.165) is 12.8 Å². The monoisotopic (exact) mass is 500 g/mol. The molecule has 32 heavy (non-hydrogen) atoms. The van der Waals surface area contributed by atoms with Gasteiger partial charge in [0.2, 0.25) is 11.8 Å². The minimum atomic E-state index is -0.414. The maximum atomic E-state index is 12.9. The highest BCUT2D eigenvalue weighted by molar-refractivity contribution is 7.13. The molecule has 0 aliphatic carbocycles. The van der Waals surface area contributed by atoms with Crippen LogP contribution in [0, 0.1) is 0 Å². The van der Waals surface area contributed by atoms with Gasteiger partial charge < -0.3 is 20.3 Å². The molecule has 0 radical (unpaired) electrons. The van der Waals surface area contributed by atoms with E-state index in [1.807, 2.05) is 0 Å². The van der Waals surface area contributed by atoms with Crippen LogP contribution >= 0.6 is 34.5 Å². The molecule has 3 amide bonds. The molecule has 174 valence electrons. The van der Waals surface area contributed by atoms with Crippen molar-refractivity contribution in [2.24, 2.45) is 0 Å². The number of halogens is 2. The first-order valence-electron chi connectivity index (χ1n) is 10.1. The fourth-order valence-corrected chi connectivity index (χ4v) is 3.70. The third-order valence-corrected chi connectivity index (χ3v) is 5.89. The second-order valence-electron chi connectivity index (χ2n) is 6.92. The Morgan fingerprint density at radius 3 is 2.66 bits per heavy atom. The lowest BCUT2D eigenvalue weighted by Crippen LogP contribution is -2.40. The fourth-order valence-electron chi connectivity index (χ4n) is 2.67. The first kappa shape index (κ1) is 26.1. The van der Waals surface area contributed by atoms with Gasteiger partial charge in [-0.1, -0.05) is 36.5 Å². The number of anilines is 1. The molecule has 0 unspecified atom stereocenters. The Hall–Kier alpha value is -2.20. The van der Waals surface area contributed by atoms with E-state index in [0.29, 0.717) is 28.0 Å². The van der Waals surface area contributed by atoms with Crippen molar-refractivity contribution < 1.29 is 19.1 Å². The quantitative estimate of drug-likeness (QED) is 0.433. The standard InChI is InChI=1S/C21H26Cl2N4O4S/c1-3-4-7-24-18(28)11-15-13-32-21(25-15)26-19(29)12-27(8-9-31-2)20(30)14-5-6-16(22)17(23)10-14/h5-6,10,13H,3-4,7-9,11-12H2,1-2H3,(H,24,28)(H,25,26,29). The van der Waals surface area contributed by atoms with Gasteiger partial charge in [-0.25, -0.2) is 4.98 Å². The molecule has 0 saturated carbocycles. The van der Waals surface area contributed by atoms with E-state index < -0.39 is 5.91 Å². The van der Waals surface area contributed by atoms with Gasteiger partial charge in [0.1, 0.15) is 6.54 Å². The van der Waals surface area contributed by atoms with Crippen LogP contribution in [0.2, 0.25) is 10.0 Å². The number of hydrogen-bond donors (Lipinski definition) is 2. The van der Waals surface area contributed by atoms with Crippen molar-refractivity contribution in [3.8, 4) is 0 Å². The summed E-state index contributed by atoms with van der Waals surface area (Å²) in [6, 6.07) is 4.54. The van der Waals surface area contributed by atoms with Crippen LogP contribution in [-0.4, -0.2) is 61.0 Å². The number of carbonyl (C=O) groups is 3. The Balaban J connectivity index is 1.97. The molecule has 2 rings (SSSR count). The van der Waals surface area contributed by atoms with Crippen LogP contribution < -0.4 is 10.6 Å². The Kier molecular flexibility index (Phi) is 10.9. The van der Waals surface area contributed by atoms with Gasteiger partial charge in [-0.2, -0.15) is 0 Å². The maximum absolute atomic E-state index is 12.9. The van der Waals surface area contributed by atoms with Gasteiger partial charge >= 0.3 is 0 Å². The van der Waals surface area contributed by atoms with E-state index >= 15 is 0 Å². The SMILES string of the molecule is CCCCNC(=O)Cc1csc(NC(=O)CN(CCOC)C(=O)c2ccc(Cl)c(Cl)c2)n1. The van der Waals surface area contributed by atoms with Crippen LogP contribution in [0.4, 0.5) is 5.13 Å². The van der Waals surface area contributed by atoms with Crippen molar-refractivity contribution >= 4 is 57.4 Å². The Morgan fingerprint density at radius 2 is 1.97 bits per heavy atom. The minimum absolute atomic E-state index is 0.111. The van der Waals surface area contributed by atoms with Gasteiger partial charge in [-0.15, -0.1) is 11.3 Å². The number of aromatic nitrogens is 1. The number of rotatable bonds is 12. The molecule has 0 fully saturated rings. The average molecular weight is 501 g/mol. The zero-order chi connectivity index (χ0) is 23.5. The van der Waals surface area contributed by atoms with Gasteiger partial charge in [0, 0.05) is 31.1 Å². The predicted molar refractivity (Wildman–Crippen MR) is 127 cm³/mol. The molecule has 2 N–H and O–H groups in total. The first-order valence-corrected chi connectivity index (χ1v) is 11.7. The molecule has 0 bridgehead atoms. The first-order chi connectivity index (χ1) is 15.3. The molecule has 11 heteroatoms. The molecule has 2 aromatic rings. The lowest BCUT2D eigenvalue weighted by molar-refractivity contribution is -0.120. The number of thiazole rings is 1. The Morgan fingerprint density at radius 1 is 1.19 bits per heavy atom. The van der Waals surface area contributed by atoms with Crippen LogP contribution in [0.25, 0.3) is 0 Å². The Bertz CT molecular complexity index is 938. The number of amides is 3. The van der Waals surface area contributed by atoms with Crippen LogP contribution in [0.3, 0.4) is 0 Å². The van der Waals surface area contributed by atoms with Gasteiger partial charge in [0.05, 0.1) is 28.8 Å². The third kappa shape index (κ3) is 8.38. The summed E-state index contributed by atoms with van der Waals surface area (Å²) in [5.41, 5.74) is 0.886. The number of nitrogens with zero attached hydrogens (tertiary/aromatic N) is 2. The lowest BCUT2D eigenvalue weighted by Gasteiger charge is -2.22. The molecule has 0 aliphatic heterocycles. The van der Waals surface area contributed by atoms with Crippen LogP contribution in [0.5, 0.6) is 0 Å². The normalized spacial score (nSPS) is 10.6. The highest BCUT2D eigenvalue weighted by Gasteiger charge is 2.20. The summed E-state index contributed by atoms with van der Waals surface area (Å²) in [7, 11) is 1.51. The summed E-state index contributed by atoms with van der Waals surface area (Å²) in [5.74, 6) is -0.901. The number of methoxy groups -OCH3 is 1. The summed E-state index contributed by atoms with van der Waals surface area (Å²) in [6.07, 6.45) is 2.07. The summed E-state index contributed by atoms with van der Waals surface area (Å²) in [5, 5.41) is 8.17. The van der Waals surface area contributed by atoms with E-state index in [4.69, 9.17) is 27.9 Å². The van der Waals surface area contributed by atoms with Crippen LogP contribution in [0.1, 0.15) is 35.8 Å².